The van der Waals surface area contributed by atoms with Crippen molar-refractivity contribution in [3.63, 3.8) is 0 Å². The van der Waals surface area contributed by atoms with Gasteiger partial charge >= 0.3 is 0 Å². The van der Waals surface area contributed by atoms with Crippen LogP contribution in [0.3, 0.4) is 0 Å². The number of aromatic nitrogens is 2. The van der Waals surface area contributed by atoms with Crippen LogP contribution >= 0.6 is 0 Å². The minimum absolute atomic E-state index is 0.378. The van der Waals surface area contributed by atoms with Gasteiger partial charge in [0.25, 0.3) is 0 Å². The first-order chi connectivity index (χ1) is 13.3. The van der Waals surface area contributed by atoms with Gasteiger partial charge in [-0.25, -0.2) is 0 Å². The van der Waals surface area contributed by atoms with E-state index in [0.29, 0.717) is 0 Å². The number of hydrogen-bond donors (Lipinski definition) is 1. The minimum Gasteiger partial charge on any atom is -0.388 e. The zero-order valence-electron chi connectivity index (χ0n) is 16.3. The lowest BCUT2D eigenvalue weighted by Gasteiger charge is -2.28. The van der Waals surface area contributed by atoms with Gasteiger partial charge < -0.3 is 5.11 Å². The summed E-state index contributed by atoms with van der Waals surface area (Å²) in [7, 11) is 0. The Labute approximate surface area is 162 Å². The third-order valence-corrected chi connectivity index (χ3v) is 5.91. The maximum atomic E-state index is 10.4. The lowest BCUT2D eigenvalue weighted by atomic mass is 10.1. The van der Waals surface area contributed by atoms with E-state index in [4.69, 9.17) is 5.10 Å². The summed E-state index contributed by atoms with van der Waals surface area (Å²) in [5, 5.41) is 15.3. The molecule has 3 heterocycles. The molecule has 2 aliphatic heterocycles. The number of benzene rings is 1. The van der Waals surface area contributed by atoms with Crippen molar-refractivity contribution in [3.05, 3.63) is 53.3 Å². The van der Waals surface area contributed by atoms with Gasteiger partial charge in [-0.3, -0.25) is 14.5 Å². The fourth-order valence-corrected chi connectivity index (χ4v) is 4.32. The largest absolute Gasteiger partial charge is 0.388 e. The first-order valence-electron chi connectivity index (χ1n) is 10.5. The van der Waals surface area contributed by atoms with Crippen molar-refractivity contribution in [1.29, 1.82) is 0 Å². The molecule has 146 valence electrons. The molecule has 2 aromatic rings. The average Bonchev–Trinajstić information content (AvgIpc) is 2.91. The van der Waals surface area contributed by atoms with E-state index in [1.165, 1.54) is 50.2 Å². The highest BCUT2D eigenvalue weighted by molar-refractivity contribution is 5.17. The quantitative estimate of drug-likeness (QED) is 0.850. The summed E-state index contributed by atoms with van der Waals surface area (Å²) < 4.78 is 2.19. The molecular weight excluding hydrogens is 336 g/mol. The van der Waals surface area contributed by atoms with E-state index in [-0.39, 0.29) is 6.10 Å². The maximum Gasteiger partial charge on any atom is 0.0802 e. The molecular formula is C22H32N4O. The van der Waals surface area contributed by atoms with Crippen LogP contribution in [0.4, 0.5) is 0 Å². The highest BCUT2D eigenvalue weighted by Crippen LogP contribution is 2.20. The van der Waals surface area contributed by atoms with Crippen LogP contribution in [-0.2, 0) is 19.6 Å². The topological polar surface area (TPSA) is 44.5 Å². The third-order valence-electron chi connectivity index (χ3n) is 5.91. The van der Waals surface area contributed by atoms with Crippen molar-refractivity contribution in [3.8, 4) is 0 Å². The molecule has 1 aromatic carbocycles. The van der Waals surface area contributed by atoms with E-state index in [2.05, 4.69) is 20.5 Å². The standard InChI is InChI=1S/C22H32N4O/c27-22(19-8-4-3-5-9-19)10-13-25-14-15-26-21(18-25)16-20(23-26)17-24-11-6-1-2-7-12-24/h3-5,8-9,16,22,27H,1-2,6-7,10-15,17-18H2/t22-/m1/s1. The molecule has 5 nitrogen and oxygen atoms in total. The molecule has 1 atom stereocenters. The van der Waals surface area contributed by atoms with Crippen LogP contribution < -0.4 is 0 Å². The van der Waals surface area contributed by atoms with Crippen LogP contribution in [0.1, 0.15) is 55.2 Å². The number of likely N-dealkylation sites (tertiary alicyclic amines) is 1. The number of hydrogen-bond acceptors (Lipinski definition) is 4. The predicted octanol–water partition coefficient (Wildman–Crippen LogP) is 3.20. The number of aliphatic hydroxyl groups excluding tert-OH is 1. The van der Waals surface area contributed by atoms with Gasteiger partial charge in [0, 0.05) is 26.2 Å². The fraction of sp³-hybridized carbons (Fsp3) is 0.591. The van der Waals surface area contributed by atoms with Crippen molar-refractivity contribution in [2.45, 2.75) is 57.8 Å². The zero-order valence-corrected chi connectivity index (χ0v) is 16.3. The molecule has 1 N–H and O–H groups in total. The molecule has 4 rings (SSSR count). The third kappa shape index (κ3) is 4.98. The van der Waals surface area contributed by atoms with Crippen LogP contribution in [-0.4, -0.2) is 50.9 Å². The fourth-order valence-electron chi connectivity index (χ4n) is 4.32. The first kappa shape index (κ1) is 18.7. The van der Waals surface area contributed by atoms with Crippen molar-refractivity contribution in [1.82, 2.24) is 19.6 Å². The highest BCUT2D eigenvalue weighted by Gasteiger charge is 2.20. The van der Waals surface area contributed by atoms with E-state index in [1.807, 2.05) is 30.3 Å². The summed E-state index contributed by atoms with van der Waals surface area (Å²) in [6, 6.07) is 12.3. The Morgan fingerprint density at radius 3 is 2.48 bits per heavy atom. The summed E-state index contributed by atoms with van der Waals surface area (Å²) in [5.74, 6) is 0. The molecule has 1 fully saturated rings. The minimum atomic E-state index is -0.378. The van der Waals surface area contributed by atoms with Gasteiger partial charge in [0.1, 0.15) is 0 Å². The lowest BCUT2D eigenvalue weighted by Crippen LogP contribution is -2.35. The molecule has 0 bridgehead atoms. The molecule has 0 aliphatic carbocycles. The molecule has 5 heteroatoms. The van der Waals surface area contributed by atoms with E-state index >= 15 is 0 Å². The number of fused-ring (bicyclic) bond motifs is 1. The molecule has 0 amide bonds. The van der Waals surface area contributed by atoms with Crippen LogP contribution in [0.2, 0.25) is 0 Å². The number of rotatable bonds is 6. The second-order valence-corrected chi connectivity index (χ2v) is 8.03. The normalized spacial score (nSPS) is 20.2. The van der Waals surface area contributed by atoms with E-state index in [9.17, 15) is 5.11 Å². The van der Waals surface area contributed by atoms with Crippen LogP contribution in [0.15, 0.2) is 36.4 Å². The average molecular weight is 369 g/mol. The highest BCUT2D eigenvalue weighted by atomic mass is 16.3. The van der Waals surface area contributed by atoms with Crippen LogP contribution in [0.5, 0.6) is 0 Å². The van der Waals surface area contributed by atoms with Gasteiger partial charge in [-0.2, -0.15) is 5.10 Å². The number of nitrogens with zero attached hydrogens (tertiary/aromatic N) is 4. The van der Waals surface area contributed by atoms with E-state index < -0.39 is 0 Å². The summed E-state index contributed by atoms with van der Waals surface area (Å²) in [6.45, 7) is 7.25. The van der Waals surface area contributed by atoms with Crippen molar-refractivity contribution in [2.24, 2.45) is 0 Å². The van der Waals surface area contributed by atoms with Crippen molar-refractivity contribution in [2.75, 3.05) is 26.2 Å². The molecule has 0 spiro atoms. The van der Waals surface area contributed by atoms with Crippen molar-refractivity contribution >= 4 is 0 Å². The molecule has 1 saturated heterocycles. The Morgan fingerprint density at radius 2 is 1.70 bits per heavy atom. The Bertz CT molecular complexity index is 706. The molecule has 0 unspecified atom stereocenters. The number of aliphatic hydroxyl groups is 1. The van der Waals surface area contributed by atoms with Crippen molar-refractivity contribution < 1.29 is 5.11 Å². The summed E-state index contributed by atoms with van der Waals surface area (Å²) in [5.41, 5.74) is 3.55. The summed E-state index contributed by atoms with van der Waals surface area (Å²) in [4.78, 5) is 5.01. The van der Waals surface area contributed by atoms with E-state index in [0.717, 1.165) is 44.7 Å². The smallest absolute Gasteiger partial charge is 0.0802 e. The Balaban J connectivity index is 1.30. The SMILES string of the molecule is O[C@H](CCN1CCn2nc(CN3CCCCCC3)cc2C1)c1ccccc1. The molecule has 0 radical (unpaired) electrons. The lowest BCUT2D eigenvalue weighted by molar-refractivity contribution is 0.129. The van der Waals surface area contributed by atoms with Gasteiger partial charge in [0.2, 0.25) is 0 Å². The molecule has 27 heavy (non-hydrogen) atoms. The van der Waals surface area contributed by atoms with Gasteiger partial charge in [-0.15, -0.1) is 0 Å². The van der Waals surface area contributed by atoms with Crippen LogP contribution in [0.25, 0.3) is 0 Å². The Hall–Kier alpha value is -1.69. The first-order valence-corrected chi connectivity index (χ1v) is 10.5. The van der Waals surface area contributed by atoms with E-state index in [1.54, 1.807) is 0 Å². The van der Waals surface area contributed by atoms with Gasteiger partial charge in [0.15, 0.2) is 0 Å². The zero-order chi connectivity index (χ0) is 18.5. The molecule has 0 saturated carbocycles. The summed E-state index contributed by atoms with van der Waals surface area (Å²) in [6.07, 6.45) is 5.80. The van der Waals surface area contributed by atoms with Gasteiger partial charge in [-0.05, 0) is 44.0 Å². The second kappa shape index (κ2) is 9.00. The Morgan fingerprint density at radius 1 is 0.926 bits per heavy atom. The Kier molecular flexibility index (Phi) is 6.22. The van der Waals surface area contributed by atoms with Gasteiger partial charge in [0.05, 0.1) is 24.0 Å². The van der Waals surface area contributed by atoms with Gasteiger partial charge in [-0.1, -0.05) is 43.2 Å². The molecule has 2 aliphatic rings. The maximum absolute atomic E-state index is 10.4. The second-order valence-electron chi connectivity index (χ2n) is 8.03. The molecule has 1 aromatic heterocycles. The monoisotopic (exact) mass is 368 g/mol. The van der Waals surface area contributed by atoms with Crippen LogP contribution in [0, 0.1) is 0 Å². The summed E-state index contributed by atoms with van der Waals surface area (Å²) >= 11 is 0. The predicted molar refractivity (Wildman–Crippen MR) is 107 cm³/mol.